The Morgan fingerprint density at radius 3 is 2.62 bits per heavy atom. The number of piperazine rings is 1. The number of methoxy groups -OCH3 is 1. The Balaban J connectivity index is 1.37. The third-order valence-electron chi connectivity index (χ3n) is 5.45. The number of carbonyl (C=O) groups is 1. The van der Waals surface area contributed by atoms with E-state index in [0.717, 1.165) is 21.7 Å². The summed E-state index contributed by atoms with van der Waals surface area (Å²) in [7, 11) is 1.62. The van der Waals surface area contributed by atoms with E-state index in [9.17, 15) is 4.79 Å². The Morgan fingerprint density at radius 2 is 1.84 bits per heavy atom. The quantitative estimate of drug-likeness (QED) is 0.431. The zero-order valence-electron chi connectivity index (χ0n) is 17.3. The van der Waals surface area contributed by atoms with Gasteiger partial charge >= 0.3 is 0 Å². The number of anilines is 1. The number of hydrogen-bond acceptors (Lipinski definition) is 7. The number of carbonyl (C=O) groups excluding carboxylic acids is 1. The zero-order chi connectivity index (χ0) is 22.1. The highest BCUT2D eigenvalue weighted by atomic mass is 79.9. The zero-order valence-corrected chi connectivity index (χ0v) is 18.9. The largest absolute Gasteiger partial charge is 0.497 e. The third kappa shape index (κ3) is 3.77. The molecule has 0 saturated carbocycles. The SMILES string of the molecule is COc1cccc(-n2nnc3c(N4CCN(C(=O)c5cccc(Br)c5)CC4)ncnc32)c1. The van der Waals surface area contributed by atoms with E-state index in [1.165, 1.54) is 6.33 Å². The van der Waals surface area contributed by atoms with Crippen LogP contribution in [0.25, 0.3) is 16.9 Å². The fourth-order valence-corrected chi connectivity index (χ4v) is 4.21. The summed E-state index contributed by atoms with van der Waals surface area (Å²) in [4.78, 5) is 25.7. The molecule has 32 heavy (non-hydrogen) atoms. The fraction of sp³-hybridized carbons (Fsp3) is 0.227. The van der Waals surface area contributed by atoms with Crippen molar-refractivity contribution in [1.29, 1.82) is 0 Å². The number of hydrogen-bond donors (Lipinski definition) is 0. The van der Waals surface area contributed by atoms with Gasteiger partial charge in [-0.2, -0.15) is 4.68 Å². The Kier molecular flexibility index (Phi) is 5.44. The maximum Gasteiger partial charge on any atom is 0.254 e. The summed E-state index contributed by atoms with van der Waals surface area (Å²) >= 11 is 3.43. The second-order valence-corrected chi connectivity index (χ2v) is 8.28. The number of nitrogens with zero attached hydrogens (tertiary/aromatic N) is 7. The first kappa shape index (κ1) is 20.4. The predicted molar refractivity (Wildman–Crippen MR) is 123 cm³/mol. The first-order valence-corrected chi connectivity index (χ1v) is 10.9. The average Bonchev–Trinajstić information content (AvgIpc) is 3.28. The molecule has 2 aromatic heterocycles. The van der Waals surface area contributed by atoms with Crippen molar-refractivity contribution in [1.82, 2.24) is 29.9 Å². The Morgan fingerprint density at radius 1 is 1.03 bits per heavy atom. The minimum atomic E-state index is 0.0303. The molecule has 2 aromatic carbocycles. The molecule has 1 aliphatic heterocycles. The van der Waals surface area contributed by atoms with Crippen molar-refractivity contribution < 1.29 is 9.53 Å². The van der Waals surface area contributed by atoms with E-state index in [1.807, 2.05) is 53.4 Å². The second-order valence-electron chi connectivity index (χ2n) is 7.36. The van der Waals surface area contributed by atoms with Gasteiger partial charge in [0.1, 0.15) is 12.1 Å². The van der Waals surface area contributed by atoms with Gasteiger partial charge in [-0.25, -0.2) is 9.97 Å². The molecule has 1 aliphatic rings. The summed E-state index contributed by atoms with van der Waals surface area (Å²) in [6, 6.07) is 15.0. The highest BCUT2D eigenvalue weighted by Crippen LogP contribution is 2.25. The van der Waals surface area contributed by atoms with Crippen molar-refractivity contribution >= 4 is 38.8 Å². The average molecular weight is 494 g/mol. The summed E-state index contributed by atoms with van der Waals surface area (Å²) in [5.74, 6) is 1.48. The van der Waals surface area contributed by atoms with Crippen molar-refractivity contribution in [2.45, 2.75) is 0 Å². The molecule has 0 bridgehead atoms. The topological polar surface area (TPSA) is 89.3 Å². The van der Waals surface area contributed by atoms with Gasteiger partial charge < -0.3 is 14.5 Å². The molecule has 1 amide bonds. The summed E-state index contributed by atoms with van der Waals surface area (Å²) < 4.78 is 7.88. The standard InChI is InChI=1S/C22H20BrN7O2/c1-32-18-7-3-6-17(13-18)30-21-19(26-27-30)20(24-14-25-21)28-8-10-29(11-9-28)22(31)15-4-2-5-16(23)12-15/h2-7,12-14H,8-11H2,1H3. The first-order chi connectivity index (χ1) is 15.6. The highest BCUT2D eigenvalue weighted by Gasteiger charge is 2.25. The second kappa shape index (κ2) is 8.54. The molecule has 0 N–H and O–H groups in total. The van der Waals surface area contributed by atoms with Crippen molar-refractivity contribution in [3.8, 4) is 11.4 Å². The molecule has 0 radical (unpaired) electrons. The van der Waals surface area contributed by atoms with Crippen molar-refractivity contribution in [2.75, 3.05) is 38.2 Å². The summed E-state index contributed by atoms with van der Waals surface area (Å²) in [5, 5.41) is 8.66. The van der Waals surface area contributed by atoms with Crippen LogP contribution in [0.1, 0.15) is 10.4 Å². The van der Waals surface area contributed by atoms with E-state index >= 15 is 0 Å². The van der Waals surface area contributed by atoms with Gasteiger partial charge in [-0.1, -0.05) is 33.3 Å². The number of rotatable bonds is 4. The summed E-state index contributed by atoms with van der Waals surface area (Å²) in [6.45, 7) is 2.50. The van der Waals surface area contributed by atoms with Crippen LogP contribution in [0.2, 0.25) is 0 Å². The lowest BCUT2D eigenvalue weighted by atomic mass is 10.2. The first-order valence-electron chi connectivity index (χ1n) is 10.1. The molecule has 162 valence electrons. The lowest BCUT2D eigenvalue weighted by Crippen LogP contribution is -2.49. The van der Waals surface area contributed by atoms with E-state index in [4.69, 9.17) is 4.74 Å². The molecule has 0 aliphatic carbocycles. The highest BCUT2D eigenvalue weighted by molar-refractivity contribution is 9.10. The smallest absolute Gasteiger partial charge is 0.254 e. The monoisotopic (exact) mass is 493 g/mol. The van der Waals surface area contributed by atoms with E-state index in [2.05, 4.69) is 41.1 Å². The van der Waals surface area contributed by atoms with Crippen molar-refractivity contribution in [3.05, 3.63) is 64.9 Å². The normalized spacial score (nSPS) is 14.1. The van der Waals surface area contributed by atoms with Crippen LogP contribution in [0, 0.1) is 0 Å². The molecule has 4 aromatic rings. The van der Waals surface area contributed by atoms with Gasteiger partial charge in [0.15, 0.2) is 17.0 Å². The van der Waals surface area contributed by atoms with Gasteiger partial charge in [-0.3, -0.25) is 4.79 Å². The van der Waals surface area contributed by atoms with Gasteiger partial charge in [-0.05, 0) is 30.3 Å². The molecule has 0 unspecified atom stereocenters. The number of aromatic nitrogens is 5. The minimum Gasteiger partial charge on any atom is -0.497 e. The van der Waals surface area contributed by atoms with E-state index in [-0.39, 0.29) is 5.91 Å². The Labute approximate surface area is 192 Å². The molecule has 3 heterocycles. The maximum atomic E-state index is 12.8. The summed E-state index contributed by atoms with van der Waals surface area (Å²) in [5.41, 5.74) is 2.73. The minimum absolute atomic E-state index is 0.0303. The van der Waals surface area contributed by atoms with Gasteiger partial charge in [-0.15, -0.1) is 5.10 Å². The lowest BCUT2D eigenvalue weighted by molar-refractivity contribution is 0.0746. The molecule has 1 fully saturated rings. The van der Waals surface area contributed by atoms with Crippen LogP contribution in [-0.2, 0) is 0 Å². The van der Waals surface area contributed by atoms with Gasteiger partial charge in [0.25, 0.3) is 5.91 Å². The molecule has 10 heteroatoms. The molecule has 0 atom stereocenters. The van der Waals surface area contributed by atoms with Crippen LogP contribution in [0.4, 0.5) is 5.82 Å². The van der Waals surface area contributed by atoms with Crippen molar-refractivity contribution in [3.63, 3.8) is 0 Å². The Hall–Kier alpha value is -3.53. The van der Waals surface area contributed by atoms with E-state index in [1.54, 1.807) is 11.8 Å². The van der Waals surface area contributed by atoms with Crippen LogP contribution in [-0.4, -0.2) is 69.1 Å². The van der Waals surface area contributed by atoms with Gasteiger partial charge in [0.2, 0.25) is 0 Å². The van der Waals surface area contributed by atoms with E-state index < -0.39 is 0 Å². The molecular formula is C22H20BrN7O2. The molecular weight excluding hydrogens is 474 g/mol. The van der Waals surface area contributed by atoms with E-state index in [0.29, 0.717) is 42.9 Å². The van der Waals surface area contributed by atoms with Crippen LogP contribution >= 0.6 is 15.9 Å². The number of ether oxygens (including phenoxy) is 1. The van der Waals surface area contributed by atoms with Crippen LogP contribution < -0.4 is 9.64 Å². The van der Waals surface area contributed by atoms with Crippen LogP contribution in [0.3, 0.4) is 0 Å². The third-order valence-corrected chi connectivity index (χ3v) is 5.95. The molecule has 5 rings (SSSR count). The lowest BCUT2D eigenvalue weighted by Gasteiger charge is -2.35. The van der Waals surface area contributed by atoms with Gasteiger partial charge in [0, 0.05) is 42.3 Å². The number of amides is 1. The van der Waals surface area contributed by atoms with Crippen LogP contribution in [0.15, 0.2) is 59.3 Å². The van der Waals surface area contributed by atoms with Crippen LogP contribution in [0.5, 0.6) is 5.75 Å². The fourth-order valence-electron chi connectivity index (χ4n) is 3.81. The maximum absolute atomic E-state index is 12.8. The number of halogens is 1. The predicted octanol–water partition coefficient (Wildman–Crippen LogP) is 2.94. The molecule has 1 saturated heterocycles. The Bertz CT molecular complexity index is 1280. The van der Waals surface area contributed by atoms with Crippen molar-refractivity contribution in [2.24, 2.45) is 0 Å². The molecule has 0 spiro atoms. The van der Waals surface area contributed by atoms with Gasteiger partial charge in [0.05, 0.1) is 12.8 Å². The number of fused-ring (bicyclic) bond motifs is 1. The molecule has 9 nitrogen and oxygen atoms in total. The summed E-state index contributed by atoms with van der Waals surface area (Å²) in [6.07, 6.45) is 1.52. The number of benzene rings is 2.